The molecule has 0 radical (unpaired) electrons. The maximum absolute atomic E-state index is 9.84. The second kappa shape index (κ2) is 4.16. The molecule has 0 bridgehead atoms. The molecule has 5 heteroatoms. The highest BCUT2D eigenvalue weighted by Crippen LogP contribution is 2.20. The number of hydrogen-bond acceptors (Lipinski definition) is 4. The minimum absolute atomic E-state index is 0.193. The molecule has 0 aromatic carbocycles. The predicted octanol–water partition coefficient (Wildman–Crippen LogP) is 1.34. The van der Waals surface area contributed by atoms with Crippen LogP contribution in [0.15, 0.2) is 17.8 Å². The first-order valence-corrected chi connectivity index (χ1v) is 6.38. The first kappa shape index (κ1) is 10.3. The van der Waals surface area contributed by atoms with E-state index >= 15 is 0 Å². The van der Waals surface area contributed by atoms with Gasteiger partial charge in [0, 0.05) is 30.3 Å². The average molecular weight is 238 g/mol. The van der Waals surface area contributed by atoms with Gasteiger partial charge in [-0.1, -0.05) is 0 Å². The van der Waals surface area contributed by atoms with Gasteiger partial charge in [-0.15, -0.1) is 11.3 Å². The Labute approximate surface area is 97.5 Å². The van der Waals surface area contributed by atoms with Gasteiger partial charge in [-0.3, -0.25) is 4.40 Å². The molecule has 2 unspecified atom stereocenters. The minimum Gasteiger partial charge on any atom is -0.393 e. The zero-order valence-corrected chi connectivity index (χ0v) is 9.69. The zero-order valence-electron chi connectivity index (χ0n) is 8.87. The van der Waals surface area contributed by atoms with Crippen LogP contribution in [0.1, 0.15) is 12.1 Å². The van der Waals surface area contributed by atoms with E-state index in [2.05, 4.69) is 4.98 Å². The van der Waals surface area contributed by atoms with Crippen molar-refractivity contribution in [3.63, 3.8) is 0 Å². The maximum atomic E-state index is 9.84. The number of fused-ring (bicyclic) bond motifs is 1. The predicted molar refractivity (Wildman–Crippen MR) is 61.7 cm³/mol. The molecule has 0 amide bonds. The Morgan fingerprint density at radius 3 is 3.38 bits per heavy atom. The number of imidazole rings is 1. The lowest BCUT2D eigenvalue weighted by Crippen LogP contribution is -2.33. The standard InChI is InChI=1S/C11H14N2O2S/c14-10-1-3-15-7-8(10)5-9-6-13-2-4-16-11(13)12-9/h2,4,6,8,10,14H,1,3,5,7H2. The number of thiazole rings is 1. The lowest BCUT2D eigenvalue weighted by Gasteiger charge is -2.26. The van der Waals surface area contributed by atoms with Gasteiger partial charge >= 0.3 is 0 Å². The van der Waals surface area contributed by atoms with E-state index in [1.165, 1.54) is 0 Å². The summed E-state index contributed by atoms with van der Waals surface area (Å²) in [6.07, 6.45) is 5.34. The van der Waals surface area contributed by atoms with Crippen molar-refractivity contribution in [1.82, 2.24) is 9.38 Å². The van der Waals surface area contributed by atoms with Crippen LogP contribution >= 0.6 is 11.3 Å². The number of nitrogens with zero attached hydrogens (tertiary/aromatic N) is 2. The summed E-state index contributed by atoms with van der Waals surface area (Å²) in [6.45, 7) is 1.32. The molecule has 1 aliphatic heterocycles. The Morgan fingerprint density at radius 2 is 2.56 bits per heavy atom. The van der Waals surface area contributed by atoms with Crippen LogP contribution in [0.4, 0.5) is 0 Å². The zero-order chi connectivity index (χ0) is 11.0. The number of aliphatic hydroxyl groups excluding tert-OH is 1. The van der Waals surface area contributed by atoms with E-state index in [4.69, 9.17) is 4.74 Å². The highest BCUT2D eigenvalue weighted by Gasteiger charge is 2.24. The molecular formula is C11H14N2O2S. The van der Waals surface area contributed by atoms with E-state index in [0.29, 0.717) is 13.2 Å². The van der Waals surface area contributed by atoms with E-state index in [9.17, 15) is 5.11 Å². The number of rotatable bonds is 2. The number of hydrogen-bond donors (Lipinski definition) is 1. The lowest BCUT2D eigenvalue weighted by molar-refractivity contribution is -0.0353. The van der Waals surface area contributed by atoms with Crippen molar-refractivity contribution in [3.05, 3.63) is 23.5 Å². The molecule has 16 heavy (non-hydrogen) atoms. The first-order valence-electron chi connectivity index (χ1n) is 5.50. The van der Waals surface area contributed by atoms with Crippen molar-refractivity contribution >= 4 is 16.3 Å². The van der Waals surface area contributed by atoms with Crippen LogP contribution < -0.4 is 0 Å². The van der Waals surface area contributed by atoms with Gasteiger partial charge in [-0.2, -0.15) is 0 Å². The molecule has 1 saturated heterocycles. The third-order valence-electron chi connectivity index (χ3n) is 3.05. The molecule has 2 aromatic rings. The Balaban J connectivity index is 1.76. The van der Waals surface area contributed by atoms with Crippen LogP contribution in [-0.4, -0.2) is 33.8 Å². The van der Waals surface area contributed by atoms with Crippen LogP contribution in [0.5, 0.6) is 0 Å². The van der Waals surface area contributed by atoms with Crippen molar-refractivity contribution in [2.24, 2.45) is 5.92 Å². The summed E-state index contributed by atoms with van der Waals surface area (Å²) < 4.78 is 7.41. The topological polar surface area (TPSA) is 46.8 Å². The number of aliphatic hydroxyl groups is 1. The normalized spacial score (nSPS) is 26.3. The van der Waals surface area contributed by atoms with Gasteiger partial charge in [0.05, 0.1) is 18.4 Å². The van der Waals surface area contributed by atoms with Gasteiger partial charge < -0.3 is 9.84 Å². The Morgan fingerprint density at radius 1 is 1.62 bits per heavy atom. The van der Waals surface area contributed by atoms with E-state index in [1.54, 1.807) is 11.3 Å². The van der Waals surface area contributed by atoms with E-state index in [0.717, 1.165) is 23.5 Å². The van der Waals surface area contributed by atoms with Crippen LogP contribution in [0, 0.1) is 5.92 Å². The Kier molecular flexibility index (Phi) is 2.67. The van der Waals surface area contributed by atoms with Crippen molar-refractivity contribution in [2.75, 3.05) is 13.2 Å². The Bertz CT molecular complexity index is 450. The van der Waals surface area contributed by atoms with Crippen molar-refractivity contribution in [2.45, 2.75) is 18.9 Å². The van der Waals surface area contributed by atoms with E-state index in [-0.39, 0.29) is 12.0 Å². The fraction of sp³-hybridized carbons (Fsp3) is 0.545. The molecule has 3 rings (SSSR count). The second-order valence-corrected chi connectivity index (χ2v) is 5.09. The van der Waals surface area contributed by atoms with Gasteiger partial charge in [0.25, 0.3) is 0 Å². The lowest BCUT2D eigenvalue weighted by atomic mass is 9.94. The molecular weight excluding hydrogens is 224 g/mol. The summed E-state index contributed by atoms with van der Waals surface area (Å²) in [7, 11) is 0. The van der Waals surface area contributed by atoms with Crippen LogP contribution in [0.2, 0.25) is 0 Å². The third-order valence-corrected chi connectivity index (χ3v) is 3.82. The summed E-state index contributed by atoms with van der Waals surface area (Å²) in [6, 6.07) is 0. The average Bonchev–Trinajstić information content (AvgIpc) is 2.81. The van der Waals surface area contributed by atoms with Gasteiger partial charge in [-0.25, -0.2) is 4.98 Å². The molecule has 4 nitrogen and oxygen atoms in total. The summed E-state index contributed by atoms with van der Waals surface area (Å²) in [5.41, 5.74) is 1.04. The number of aromatic nitrogens is 2. The van der Waals surface area contributed by atoms with Crippen molar-refractivity contribution in [3.8, 4) is 0 Å². The molecule has 86 valence electrons. The van der Waals surface area contributed by atoms with Crippen molar-refractivity contribution < 1.29 is 9.84 Å². The maximum Gasteiger partial charge on any atom is 0.193 e. The third kappa shape index (κ3) is 1.86. The largest absolute Gasteiger partial charge is 0.393 e. The van der Waals surface area contributed by atoms with E-state index in [1.807, 2.05) is 22.2 Å². The smallest absolute Gasteiger partial charge is 0.193 e. The number of ether oxygens (including phenoxy) is 1. The molecule has 2 atom stereocenters. The molecule has 2 aromatic heterocycles. The minimum atomic E-state index is -0.242. The van der Waals surface area contributed by atoms with Gasteiger partial charge in [0.15, 0.2) is 4.96 Å². The summed E-state index contributed by atoms with van der Waals surface area (Å²) in [4.78, 5) is 5.53. The molecule has 0 saturated carbocycles. The summed E-state index contributed by atoms with van der Waals surface area (Å²) in [5.74, 6) is 0.193. The van der Waals surface area contributed by atoms with Gasteiger partial charge in [0.2, 0.25) is 0 Å². The van der Waals surface area contributed by atoms with E-state index < -0.39 is 0 Å². The van der Waals surface area contributed by atoms with Gasteiger partial charge in [-0.05, 0) is 12.8 Å². The highest BCUT2D eigenvalue weighted by molar-refractivity contribution is 7.15. The second-order valence-electron chi connectivity index (χ2n) is 4.22. The van der Waals surface area contributed by atoms with Crippen LogP contribution in [0.25, 0.3) is 4.96 Å². The fourth-order valence-electron chi connectivity index (χ4n) is 2.12. The first-order chi connectivity index (χ1) is 7.83. The SMILES string of the molecule is OC1CCOCC1Cc1cn2ccsc2n1. The van der Waals surface area contributed by atoms with Crippen LogP contribution in [0.3, 0.4) is 0 Å². The molecule has 0 spiro atoms. The fourth-order valence-corrected chi connectivity index (χ4v) is 2.84. The molecule has 1 fully saturated rings. The van der Waals surface area contributed by atoms with Crippen LogP contribution in [-0.2, 0) is 11.2 Å². The highest BCUT2D eigenvalue weighted by atomic mass is 32.1. The van der Waals surface area contributed by atoms with Crippen molar-refractivity contribution in [1.29, 1.82) is 0 Å². The van der Waals surface area contributed by atoms with Gasteiger partial charge in [0.1, 0.15) is 0 Å². The molecule has 1 N–H and O–H groups in total. The monoisotopic (exact) mass is 238 g/mol. The molecule has 1 aliphatic rings. The summed E-state index contributed by atoms with van der Waals surface area (Å²) in [5, 5.41) is 11.9. The quantitative estimate of drug-likeness (QED) is 0.858. The summed E-state index contributed by atoms with van der Waals surface area (Å²) >= 11 is 1.63. The Hall–Kier alpha value is -0.910. The molecule has 3 heterocycles. The molecule has 0 aliphatic carbocycles.